The molecule has 17 heavy (non-hydrogen) atoms. The van der Waals surface area contributed by atoms with E-state index in [0.29, 0.717) is 11.4 Å². The Balaban J connectivity index is 2.72. The lowest BCUT2D eigenvalue weighted by molar-refractivity contribution is -0.118. The van der Waals surface area contributed by atoms with Crippen LogP contribution in [0.15, 0.2) is 24.3 Å². The van der Waals surface area contributed by atoms with Crippen molar-refractivity contribution in [1.82, 2.24) is 5.43 Å². The van der Waals surface area contributed by atoms with E-state index in [2.05, 4.69) is 10.6 Å². The van der Waals surface area contributed by atoms with Crippen LogP contribution in [-0.2, 0) is 4.79 Å². The van der Waals surface area contributed by atoms with Crippen molar-refractivity contribution in [1.29, 1.82) is 0 Å². The van der Waals surface area contributed by atoms with Gasteiger partial charge in [-0.15, -0.1) is 0 Å². The summed E-state index contributed by atoms with van der Waals surface area (Å²) in [6.45, 7) is 3.61. The van der Waals surface area contributed by atoms with Crippen molar-refractivity contribution in [2.75, 3.05) is 10.6 Å². The van der Waals surface area contributed by atoms with Gasteiger partial charge in [-0.2, -0.15) is 0 Å². The van der Waals surface area contributed by atoms with Crippen LogP contribution in [0.25, 0.3) is 0 Å². The van der Waals surface area contributed by atoms with Crippen LogP contribution < -0.4 is 21.9 Å². The van der Waals surface area contributed by atoms with E-state index < -0.39 is 6.03 Å². The molecule has 0 saturated carbocycles. The van der Waals surface area contributed by atoms with E-state index in [-0.39, 0.29) is 11.8 Å². The molecule has 0 saturated heterocycles. The van der Waals surface area contributed by atoms with Gasteiger partial charge in [0.2, 0.25) is 5.91 Å². The van der Waals surface area contributed by atoms with Crippen LogP contribution in [0.4, 0.5) is 16.2 Å². The van der Waals surface area contributed by atoms with Crippen molar-refractivity contribution >= 4 is 23.3 Å². The van der Waals surface area contributed by atoms with Gasteiger partial charge in [0, 0.05) is 17.3 Å². The van der Waals surface area contributed by atoms with Gasteiger partial charge < -0.3 is 10.6 Å². The lowest BCUT2D eigenvalue weighted by atomic mass is 10.2. The van der Waals surface area contributed by atoms with Crippen LogP contribution in [0.2, 0.25) is 0 Å². The van der Waals surface area contributed by atoms with E-state index in [1.54, 1.807) is 38.1 Å². The van der Waals surface area contributed by atoms with E-state index >= 15 is 0 Å². The molecule has 0 aliphatic rings. The molecule has 5 N–H and O–H groups in total. The summed E-state index contributed by atoms with van der Waals surface area (Å²) in [4.78, 5) is 22.5. The van der Waals surface area contributed by atoms with Crippen LogP contribution in [0, 0.1) is 5.92 Å². The molecular weight excluding hydrogens is 220 g/mol. The number of hydrogen-bond donors (Lipinski definition) is 4. The van der Waals surface area contributed by atoms with Gasteiger partial charge in [-0.3, -0.25) is 10.2 Å². The number of amides is 3. The van der Waals surface area contributed by atoms with E-state index in [0.717, 1.165) is 0 Å². The smallest absolute Gasteiger partial charge is 0.326 e. The first kappa shape index (κ1) is 13.0. The number of carbonyl (C=O) groups excluding carboxylic acids is 2. The standard InChI is InChI=1S/C11H16N4O2/c1-7(2)10(16)13-8-4-3-5-9(6-8)14-11(17)15-12/h3-7H,12H2,1-2H3,(H,13,16)(H2,14,15,17). The van der Waals surface area contributed by atoms with Crippen molar-refractivity contribution in [3.63, 3.8) is 0 Å². The van der Waals surface area contributed by atoms with Crippen molar-refractivity contribution in [3.8, 4) is 0 Å². The minimum Gasteiger partial charge on any atom is -0.326 e. The zero-order valence-corrected chi connectivity index (χ0v) is 9.78. The average Bonchev–Trinajstić information content (AvgIpc) is 2.29. The third-order valence-corrected chi connectivity index (χ3v) is 2.04. The zero-order chi connectivity index (χ0) is 12.8. The van der Waals surface area contributed by atoms with E-state index in [1.165, 1.54) is 0 Å². The highest BCUT2D eigenvalue weighted by Crippen LogP contribution is 2.15. The summed E-state index contributed by atoms with van der Waals surface area (Å²) in [6, 6.07) is 6.29. The summed E-state index contributed by atoms with van der Waals surface area (Å²) >= 11 is 0. The minimum atomic E-state index is -0.516. The predicted octanol–water partition coefficient (Wildman–Crippen LogP) is 1.28. The monoisotopic (exact) mass is 236 g/mol. The summed E-state index contributed by atoms with van der Waals surface area (Å²) in [5.74, 6) is 4.77. The van der Waals surface area contributed by atoms with Crippen LogP contribution in [-0.4, -0.2) is 11.9 Å². The van der Waals surface area contributed by atoms with Gasteiger partial charge in [-0.1, -0.05) is 19.9 Å². The van der Waals surface area contributed by atoms with Gasteiger partial charge in [-0.25, -0.2) is 10.6 Å². The highest BCUT2D eigenvalue weighted by Gasteiger charge is 2.07. The Morgan fingerprint density at radius 3 is 2.29 bits per heavy atom. The molecule has 1 aromatic rings. The van der Waals surface area contributed by atoms with Gasteiger partial charge in [0.1, 0.15) is 0 Å². The molecule has 1 aromatic carbocycles. The molecule has 0 aliphatic heterocycles. The molecule has 0 radical (unpaired) electrons. The second kappa shape index (κ2) is 5.86. The van der Waals surface area contributed by atoms with Crippen molar-refractivity contribution in [2.45, 2.75) is 13.8 Å². The quantitative estimate of drug-likeness (QED) is 0.361. The van der Waals surface area contributed by atoms with Crippen LogP contribution >= 0.6 is 0 Å². The van der Waals surface area contributed by atoms with Gasteiger partial charge in [0.15, 0.2) is 0 Å². The highest BCUT2D eigenvalue weighted by molar-refractivity contribution is 5.94. The SMILES string of the molecule is CC(C)C(=O)Nc1cccc(NC(=O)NN)c1. The summed E-state index contributed by atoms with van der Waals surface area (Å²) in [5, 5.41) is 5.24. The maximum atomic E-state index is 11.5. The Bertz CT molecular complexity index is 418. The summed E-state index contributed by atoms with van der Waals surface area (Å²) in [5.41, 5.74) is 3.13. The molecule has 6 nitrogen and oxygen atoms in total. The molecule has 0 fully saturated rings. The fourth-order valence-corrected chi connectivity index (χ4v) is 1.13. The van der Waals surface area contributed by atoms with Crippen molar-refractivity contribution < 1.29 is 9.59 Å². The normalized spacial score (nSPS) is 9.88. The number of carbonyl (C=O) groups is 2. The lowest BCUT2D eigenvalue weighted by Gasteiger charge is -2.09. The Morgan fingerprint density at radius 1 is 1.18 bits per heavy atom. The number of nitrogens with one attached hydrogen (secondary N) is 3. The second-order valence-corrected chi connectivity index (χ2v) is 3.82. The Kier molecular flexibility index (Phi) is 4.47. The first-order valence-corrected chi connectivity index (χ1v) is 5.21. The number of anilines is 2. The van der Waals surface area contributed by atoms with E-state index in [9.17, 15) is 9.59 Å². The van der Waals surface area contributed by atoms with Gasteiger partial charge in [0.25, 0.3) is 0 Å². The Hall–Kier alpha value is -2.08. The van der Waals surface area contributed by atoms with Crippen molar-refractivity contribution in [2.24, 2.45) is 11.8 Å². The van der Waals surface area contributed by atoms with E-state index in [1.807, 2.05) is 5.43 Å². The fraction of sp³-hybridized carbons (Fsp3) is 0.273. The van der Waals surface area contributed by atoms with Gasteiger partial charge in [0.05, 0.1) is 0 Å². The third kappa shape index (κ3) is 4.12. The molecule has 0 bridgehead atoms. The third-order valence-electron chi connectivity index (χ3n) is 2.04. The second-order valence-electron chi connectivity index (χ2n) is 3.82. The maximum absolute atomic E-state index is 11.5. The van der Waals surface area contributed by atoms with Gasteiger partial charge in [-0.05, 0) is 18.2 Å². The number of rotatable bonds is 3. The predicted molar refractivity (Wildman–Crippen MR) is 66.3 cm³/mol. The number of hydrogen-bond acceptors (Lipinski definition) is 3. The van der Waals surface area contributed by atoms with Gasteiger partial charge >= 0.3 is 6.03 Å². The molecule has 92 valence electrons. The molecule has 0 unspecified atom stereocenters. The van der Waals surface area contributed by atoms with E-state index in [4.69, 9.17) is 5.84 Å². The number of urea groups is 1. The maximum Gasteiger partial charge on any atom is 0.333 e. The molecular formula is C11H16N4O2. The summed E-state index contributed by atoms with van der Waals surface area (Å²) in [6.07, 6.45) is 0. The first-order valence-electron chi connectivity index (χ1n) is 5.21. The van der Waals surface area contributed by atoms with Crippen LogP contribution in [0.3, 0.4) is 0 Å². The first-order chi connectivity index (χ1) is 8.02. The minimum absolute atomic E-state index is 0.0783. The molecule has 0 heterocycles. The lowest BCUT2D eigenvalue weighted by Crippen LogP contribution is -2.34. The summed E-state index contributed by atoms with van der Waals surface area (Å²) in [7, 11) is 0. The topological polar surface area (TPSA) is 96.2 Å². The highest BCUT2D eigenvalue weighted by atomic mass is 16.2. The zero-order valence-electron chi connectivity index (χ0n) is 9.78. The number of nitrogens with two attached hydrogens (primary N) is 1. The Morgan fingerprint density at radius 2 is 1.76 bits per heavy atom. The van der Waals surface area contributed by atoms with Crippen LogP contribution in [0.1, 0.15) is 13.8 Å². The molecule has 0 atom stereocenters. The van der Waals surface area contributed by atoms with Crippen molar-refractivity contribution in [3.05, 3.63) is 24.3 Å². The molecule has 0 aliphatic carbocycles. The largest absolute Gasteiger partial charge is 0.333 e. The average molecular weight is 236 g/mol. The Labute approximate surface area is 99.5 Å². The summed E-state index contributed by atoms with van der Waals surface area (Å²) < 4.78 is 0. The van der Waals surface area contributed by atoms with Crippen LogP contribution in [0.5, 0.6) is 0 Å². The molecule has 6 heteroatoms. The molecule has 3 amide bonds. The molecule has 0 aromatic heterocycles. The molecule has 1 rings (SSSR count). The molecule has 0 spiro atoms. The number of benzene rings is 1. The number of hydrazine groups is 1. The fourth-order valence-electron chi connectivity index (χ4n) is 1.13.